The van der Waals surface area contributed by atoms with Gasteiger partial charge >= 0.3 is 0 Å². The van der Waals surface area contributed by atoms with Crippen LogP contribution in [0.15, 0.2) is 29.3 Å². The van der Waals surface area contributed by atoms with Crippen LogP contribution in [0.3, 0.4) is 0 Å². The zero-order valence-electron chi connectivity index (χ0n) is 13.6. The highest BCUT2D eigenvalue weighted by molar-refractivity contribution is 8.00. The molecule has 1 aromatic carbocycles. The number of nitrogens with zero attached hydrogens (tertiary/aromatic N) is 3. The Hall–Kier alpha value is -2.26. The van der Waals surface area contributed by atoms with E-state index in [1.165, 1.54) is 11.8 Å². The number of nitriles is 1. The third kappa shape index (κ3) is 3.62. The van der Waals surface area contributed by atoms with Gasteiger partial charge in [-0.15, -0.1) is 0 Å². The van der Waals surface area contributed by atoms with Crippen LogP contribution in [-0.2, 0) is 4.79 Å². The molecule has 2 aromatic rings. The molecule has 0 unspecified atom stereocenters. The van der Waals surface area contributed by atoms with E-state index in [0.717, 1.165) is 42.6 Å². The summed E-state index contributed by atoms with van der Waals surface area (Å²) in [7, 11) is 0. The molecule has 0 bridgehead atoms. The normalized spacial score (nSPS) is 13.9. The molecule has 0 spiro atoms. The highest BCUT2D eigenvalue weighted by Crippen LogP contribution is 2.27. The third-order valence-corrected chi connectivity index (χ3v) is 4.95. The molecule has 5 nitrogen and oxygen atoms in total. The Morgan fingerprint density at radius 3 is 2.88 bits per heavy atom. The summed E-state index contributed by atoms with van der Waals surface area (Å²) in [6.07, 6.45) is 2.16. The van der Waals surface area contributed by atoms with Crippen molar-refractivity contribution in [1.29, 1.82) is 5.26 Å². The molecule has 1 aliphatic heterocycles. The van der Waals surface area contributed by atoms with Crippen molar-refractivity contribution in [1.82, 2.24) is 9.88 Å². The minimum Gasteiger partial charge on any atom is -0.494 e. The van der Waals surface area contributed by atoms with Gasteiger partial charge in [-0.05, 0) is 38.0 Å². The molecule has 1 aromatic heterocycles. The number of ether oxygens (including phenoxy) is 1. The number of carbonyl (C=O) groups excluding carboxylic acids is 1. The van der Waals surface area contributed by atoms with Crippen LogP contribution in [0.5, 0.6) is 5.75 Å². The summed E-state index contributed by atoms with van der Waals surface area (Å²) < 4.78 is 5.50. The smallest absolute Gasteiger partial charge is 0.232 e. The molecule has 1 fully saturated rings. The summed E-state index contributed by atoms with van der Waals surface area (Å²) in [6.45, 7) is 4.20. The number of thioether (sulfide) groups is 1. The molecule has 0 N–H and O–H groups in total. The van der Waals surface area contributed by atoms with Crippen LogP contribution in [0.25, 0.3) is 10.9 Å². The zero-order valence-corrected chi connectivity index (χ0v) is 14.4. The van der Waals surface area contributed by atoms with Crippen LogP contribution in [0, 0.1) is 11.3 Å². The van der Waals surface area contributed by atoms with Gasteiger partial charge in [0.1, 0.15) is 16.8 Å². The quantitative estimate of drug-likeness (QED) is 0.781. The first-order chi connectivity index (χ1) is 11.7. The Morgan fingerprint density at radius 2 is 2.17 bits per heavy atom. The Bertz CT molecular complexity index is 795. The van der Waals surface area contributed by atoms with E-state index >= 15 is 0 Å². The van der Waals surface area contributed by atoms with Crippen molar-refractivity contribution in [2.24, 2.45) is 0 Å². The van der Waals surface area contributed by atoms with Gasteiger partial charge in [0.25, 0.3) is 0 Å². The number of aromatic nitrogens is 1. The Balaban J connectivity index is 1.82. The summed E-state index contributed by atoms with van der Waals surface area (Å²) in [5.41, 5.74) is 1.28. The number of amides is 1. The second-order valence-electron chi connectivity index (χ2n) is 5.62. The van der Waals surface area contributed by atoms with Crippen molar-refractivity contribution in [2.45, 2.75) is 24.8 Å². The first-order valence-corrected chi connectivity index (χ1v) is 9.08. The van der Waals surface area contributed by atoms with Gasteiger partial charge in [0, 0.05) is 24.5 Å². The van der Waals surface area contributed by atoms with Crippen LogP contribution < -0.4 is 4.74 Å². The average Bonchev–Trinajstić information content (AvgIpc) is 3.13. The second-order valence-corrected chi connectivity index (χ2v) is 6.58. The third-order valence-electron chi connectivity index (χ3n) is 3.98. The summed E-state index contributed by atoms with van der Waals surface area (Å²) in [5, 5.41) is 10.9. The van der Waals surface area contributed by atoms with E-state index in [4.69, 9.17) is 4.74 Å². The van der Waals surface area contributed by atoms with Gasteiger partial charge < -0.3 is 9.64 Å². The van der Waals surface area contributed by atoms with Gasteiger partial charge in [-0.2, -0.15) is 5.26 Å². The van der Waals surface area contributed by atoms with Crippen molar-refractivity contribution in [3.63, 3.8) is 0 Å². The maximum Gasteiger partial charge on any atom is 0.232 e. The first-order valence-electron chi connectivity index (χ1n) is 8.09. The van der Waals surface area contributed by atoms with Crippen LogP contribution in [-0.4, -0.2) is 41.2 Å². The molecular formula is C18H19N3O2S. The van der Waals surface area contributed by atoms with E-state index in [9.17, 15) is 10.1 Å². The highest BCUT2D eigenvalue weighted by Gasteiger charge is 2.19. The zero-order chi connectivity index (χ0) is 16.9. The molecule has 0 saturated carbocycles. The second kappa shape index (κ2) is 7.54. The van der Waals surface area contributed by atoms with Gasteiger partial charge in [0.05, 0.1) is 23.4 Å². The molecule has 124 valence electrons. The van der Waals surface area contributed by atoms with Crippen LogP contribution in [0.4, 0.5) is 0 Å². The Labute approximate surface area is 145 Å². The first kappa shape index (κ1) is 16.6. The van der Waals surface area contributed by atoms with Crippen molar-refractivity contribution < 1.29 is 9.53 Å². The van der Waals surface area contributed by atoms with Crippen molar-refractivity contribution in [3.05, 3.63) is 29.8 Å². The van der Waals surface area contributed by atoms with Crippen LogP contribution in [0.2, 0.25) is 0 Å². The molecule has 3 rings (SSSR count). The Kier molecular flexibility index (Phi) is 5.21. The molecule has 2 heterocycles. The summed E-state index contributed by atoms with van der Waals surface area (Å²) in [5.74, 6) is 1.19. The van der Waals surface area contributed by atoms with E-state index in [0.29, 0.717) is 22.9 Å². The molecule has 1 saturated heterocycles. The van der Waals surface area contributed by atoms with Crippen LogP contribution in [0.1, 0.15) is 25.3 Å². The van der Waals surface area contributed by atoms with Gasteiger partial charge in [0.2, 0.25) is 5.91 Å². The number of likely N-dealkylation sites (tertiary alicyclic amines) is 1. The summed E-state index contributed by atoms with van der Waals surface area (Å²) in [6, 6.07) is 9.64. The van der Waals surface area contributed by atoms with E-state index in [1.807, 2.05) is 36.1 Å². The Morgan fingerprint density at radius 1 is 1.38 bits per heavy atom. The number of pyridine rings is 1. The topological polar surface area (TPSA) is 66.2 Å². The molecule has 1 aliphatic rings. The van der Waals surface area contributed by atoms with Gasteiger partial charge in [-0.3, -0.25) is 4.79 Å². The fourth-order valence-corrected chi connectivity index (χ4v) is 3.63. The molecule has 0 aliphatic carbocycles. The molecule has 24 heavy (non-hydrogen) atoms. The largest absolute Gasteiger partial charge is 0.494 e. The number of hydrogen-bond donors (Lipinski definition) is 0. The maximum atomic E-state index is 12.2. The predicted molar refractivity (Wildman–Crippen MR) is 94.2 cm³/mol. The average molecular weight is 341 g/mol. The SMILES string of the molecule is CCOc1ccc2cc(C#N)c(SCC(=O)N3CCCC3)nc2c1. The van der Waals surface area contributed by atoms with E-state index in [2.05, 4.69) is 11.1 Å². The fourth-order valence-electron chi connectivity index (χ4n) is 2.76. The van der Waals surface area contributed by atoms with Crippen molar-refractivity contribution >= 4 is 28.6 Å². The number of rotatable bonds is 5. The number of carbonyl (C=O) groups is 1. The van der Waals surface area contributed by atoms with Crippen LogP contribution >= 0.6 is 11.8 Å². The van der Waals surface area contributed by atoms with Gasteiger partial charge in [-0.25, -0.2) is 4.98 Å². The van der Waals surface area contributed by atoms with E-state index < -0.39 is 0 Å². The number of fused-ring (bicyclic) bond motifs is 1. The fraction of sp³-hybridized carbons (Fsp3) is 0.389. The number of hydrogen-bond acceptors (Lipinski definition) is 5. The predicted octanol–water partition coefficient (Wildman–Crippen LogP) is 3.22. The lowest BCUT2D eigenvalue weighted by Crippen LogP contribution is -2.29. The standard InChI is InChI=1S/C18H19N3O2S/c1-2-23-15-6-5-13-9-14(11-19)18(20-16(13)10-15)24-12-17(22)21-7-3-4-8-21/h5-6,9-10H,2-4,7-8,12H2,1H3. The van der Waals surface area contributed by atoms with E-state index in [1.54, 1.807) is 0 Å². The highest BCUT2D eigenvalue weighted by atomic mass is 32.2. The molecular weight excluding hydrogens is 322 g/mol. The van der Waals surface area contributed by atoms with Gasteiger partial charge in [0.15, 0.2) is 0 Å². The van der Waals surface area contributed by atoms with Gasteiger partial charge in [-0.1, -0.05) is 11.8 Å². The lowest BCUT2D eigenvalue weighted by molar-refractivity contribution is -0.127. The molecule has 1 amide bonds. The molecule has 6 heteroatoms. The minimum atomic E-state index is 0.117. The summed E-state index contributed by atoms with van der Waals surface area (Å²) >= 11 is 1.33. The lowest BCUT2D eigenvalue weighted by atomic mass is 10.1. The maximum absolute atomic E-state index is 12.2. The lowest BCUT2D eigenvalue weighted by Gasteiger charge is -2.14. The summed E-state index contributed by atoms with van der Waals surface area (Å²) in [4.78, 5) is 18.7. The monoisotopic (exact) mass is 341 g/mol. The minimum absolute atomic E-state index is 0.117. The number of benzene rings is 1. The van der Waals surface area contributed by atoms with E-state index in [-0.39, 0.29) is 5.91 Å². The van der Waals surface area contributed by atoms with Crippen molar-refractivity contribution in [3.8, 4) is 11.8 Å². The van der Waals surface area contributed by atoms with Crippen molar-refractivity contribution in [2.75, 3.05) is 25.4 Å². The molecule has 0 radical (unpaired) electrons. The molecule has 0 atom stereocenters.